The van der Waals surface area contributed by atoms with Crippen molar-refractivity contribution in [2.24, 2.45) is 16.1 Å². The smallest absolute Gasteiger partial charge is 0.306 e. The quantitative estimate of drug-likeness (QED) is 0.149. The number of nitrogens with zero attached hydrogens (tertiary/aromatic N) is 2. The van der Waals surface area contributed by atoms with Gasteiger partial charge in [-0.1, -0.05) is 19.1 Å². The minimum Gasteiger partial charge on any atom is -0.493 e. The summed E-state index contributed by atoms with van der Waals surface area (Å²) in [5, 5.41) is 27.4. The second-order valence-electron chi connectivity index (χ2n) is 8.29. The molecule has 0 radical (unpaired) electrons. The third kappa shape index (κ3) is 6.14. The molecular weight excluding hydrogens is 611 g/mol. The number of carbonyl (C=O) groups is 2. The Labute approximate surface area is 225 Å². The van der Waals surface area contributed by atoms with Gasteiger partial charge in [0.25, 0.3) is 15.9 Å². The number of benzene rings is 3. The van der Waals surface area contributed by atoms with Crippen molar-refractivity contribution < 1.29 is 28.2 Å². The van der Waals surface area contributed by atoms with Crippen LogP contribution in [-0.4, -0.2) is 35.5 Å². The number of rotatable bonds is 8. The van der Waals surface area contributed by atoms with Gasteiger partial charge in [0.1, 0.15) is 0 Å². The second-order valence-corrected chi connectivity index (χ2v) is 11.2. The fourth-order valence-electron chi connectivity index (χ4n) is 3.53. The Hall–Kier alpha value is -3.78. The van der Waals surface area contributed by atoms with Gasteiger partial charge in [-0.2, -0.15) is 0 Å². The van der Waals surface area contributed by atoms with Crippen molar-refractivity contribution in [1.29, 1.82) is 0 Å². The van der Waals surface area contributed by atoms with Gasteiger partial charge in [-0.25, -0.2) is 8.42 Å². The summed E-state index contributed by atoms with van der Waals surface area (Å²) in [5.41, 5.74) is 1.93. The highest BCUT2D eigenvalue weighted by molar-refractivity contribution is 14.1. The highest BCUT2D eigenvalue weighted by Crippen LogP contribution is 2.36. The number of aromatic hydroxyl groups is 1. The Morgan fingerprint density at radius 2 is 1.73 bits per heavy atom. The van der Waals surface area contributed by atoms with Gasteiger partial charge in [-0.3, -0.25) is 14.3 Å². The zero-order chi connectivity index (χ0) is 26.7. The largest absolute Gasteiger partial charge is 0.493 e. The Kier molecular flexibility index (Phi) is 7.59. The molecule has 190 valence electrons. The number of carbonyl (C=O) groups excluding carboxylic acids is 1. The van der Waals surface area contributed by atoms with Crippen molar-refractivity contribution in [3.05, 3.63) is 81.4 Å². The summed E-state index contributed by atoms with van der Waals surface area (Å²) in [5.74, 6) is -2.38. The zero-order valence-electron chi connectivity index (χ0n) is 19.3. The van der Waals surface area contributed by atoms with Crippen LogP contribution in [0.5, 0.6) is 5.88 Å². The van der Waals surface area contributed by atoms with E-state index in [1.54, 1.807) is 31.2 Å². The van der Waals surface area contributed by atoms with Crippen molar-refractivity contribution in [1.82, 2.24) is 4.98 Å². The van der Waals surface area contributed by atoms with Crippen molar-refractivity contribution in [3.63, 3.8) is 0 Å². The van der Waals surface area contributed by atoms with Crippen LogP contribution in [-0.2, 0) is 21.2 Å². The van der Waals surface area contributed by atoms with Gasteiger partial charge in [-0.15, -0.1) is 10.2 Å². The summed E-state index contributed by atoms with van der Waals surface area (Å²) in [6.45, 7) is 1.58. The van der Waals surface area contributed by atoms with E-state index < -0.39 is 27.8 Å². The molecule has 0 aliphatic carbocycles. The highest BCUT2D eigenvalue weighted by Gasteiger charge is 2.17. The molecule has 4 N–H and O–H groups in total. The van der Waals surface area contributed by atoms with Gasteiger partial charge >= 0.3 is 5.97 Å². The number of amides is 1. The van der Waals surface area contributed by atoms with Crippen molar-refractivity contribution in [2.45, 2.75) is 18.2 Å². The average Bonchev–Trinajstić information content (AvgIpc) is 3.17. The van der Waals surface area contributed by atoms with E-state index >= 15 is 0 Å². The number of aromatic nitrogens is 1. The number of H-pyrrole nitrogens is 1. The maximum atomic E-state index is 12.7. The molecule has 10 nitrogen and oxygen atoms in total. The van der Waals surface area contributed by atoms with Gasteiger partial charge in [0.2, 0.25) is 5.88 Å². The maximum absolute atomic E-state index is 12.7. The van der Waals surface area contributed by atoms with Gasteiger partial charge in [-0.05, 0) is 89.2 Å². The number of azo groups is 1. The number of fused-ring (bicyclic) bond motifs is 1. The van der Waals surface area contributed by atoms with E-state index in [4.69, 9.17) is 5.11 Å². The Morgan fingerprint density at radius 1 is 1.05 bits per heavy atom. The highest BCUT2D eigenvalue weighted by atomic mass is 127. The fraction of sp³-hybridized carbons (Fsp3) is 0.120. The molecular formula is C25H21IN4O6S. The van der Waals surface area contributed by atoms with E-state index in [2.05, 4.69) is 42.5 Å². The molecule has 12 heteroatoms. The van der Waals surface area contributed by atoms with Crippen LogP contribution in [0.2, 0.25) is 0 Å². The lowest BCUT2D eigenvalue weighted by Gasteiger charge is -2.10. The van der Waals surface area contributed by atoms with Crippen LogP contribution in [0.4, 0.5) is 11.4 Å². The lowest BCUT2D eigenvalue weighted by Crippen LogP contribution is -2.14. The van der Waals surface area contributed by atoms with Crippen LogP contribution >= 0.6 is 22.6 Å². The summed E-state index contributed by atoms with van der Waals surface area (Å²) in [6.07, 6.45) is 0.287. The summed E-state index contributed by atoms with van der Waals surface area (Å²) >= 11 is 2.13. The lowest BCUT2D eigenvalue weighted by molar-refractivity contribution is -0.141. The van der Waals surface area contributed by atoms with Gasteiger partial charge in [0, 0.05) is 20.2 Å². The number of carboxylic acids is 1. The van der Waals surface area contributed by atoms with E-state index in [-0.39, 0.29) is 34.1 Å². The summed E-state index contributed by atoms with van der Waals surface area (Å²) in [4.78, 5) is 26.3. The Balaban J connectivity index is 1.44. The van der Waals surface area contributed by atoms with Gasteiger partial charge in [0.15, 0.2) is 5.69 Å². The third-order valence-corrected chi connectivity index (χ3v) is 7.60. The molecule has 37 heavy (non-hydrogen) atoms. The van der Waals surface area contributed by atoms with Crippen molar-refractivity contribution >= 4 is 66.8 Å². The maximum Gasteiger partial charge on any atom is 0.306 e. The number of halogens is 1. The van der Waals surface area contributed by atoms with Crippen molar-refractivity contribution in [3.8, 4) is 5.88 Å². The van der Waals surface area contributed by atoms with E-state index in [0.717, 1.165) is 3.57 Å². The SMILES string of the molecule is CC(Cc1ccc(S(=O)(=O)Nc2ccc(C(=O)N=Nc3c(O)[nH]c4ccc(I)cc34)cc2)cc1)C(=O)O. The number of sulfonamides is 1. The summed E-state index contributed by atoms with van der Waals surface area (Å²) in [6, 6.07) is 17.1. The molecule has 0 spiro atoms. The van der Waals surface area contributed by atoms with Crippen molar-refractivity contribution in [2.75, 3.05) is 4.72 Å². The van der Waals surface area contributed by atoms with Gasteiger partial charge < -0.3 is 15.2 Å². The van der Waals surface area contributed by atoms with Gasteiger partial charge in [0.05, 0.1) is 16.3 Å². The predicted octanol–water partition coefficient (Wildman–Crippen LogP) is 5.47. The van der Waals surface area contributed by atoms with Crippen LogP contribution < -0.4 is 4.72 Å². The monoisotopic (exact) mass is 632 g/mol. The number of hydrogen-bond acceptors (Lipinski definition) is 6. The van der Waals surface area contributed by atoms with Crippen LogP contribution in [0.15, 0.2) is 81.9 Å². The lowest BCUT2D eigenvalue weighted by atomic mass is 10.0. The van der Waals surface area contributed by atoms with Crippen LogP contribution in [0.3, 0.4) is 0 Å². The topological polar surface area (TPSA) is 161 Å². The Morgan fingerprint density at radius 3 is 2.38 bits per heavy atom. The first-order valence-corrected chi connectivity index (χ1v) is 13.5. The predicted molar refractivity (Wildman–Crippen MR) is 146 cm³/mol. The zero-order valence-corrected chi connectivity index (χ0v) is 22.3. The minimum absolute atomic E-state index is 0.0152. The summed E-state index contributed by atoms with van der Waals surface area (Å²) in [7, 11) is -3.90. The number of nitrogens with one attached hydrogen (secondary N) is 2. The average molecular weight is 632 g/mol. The first kappa shape index (κ1) is 26.3. The molecule has 0 fully saturated rings. The molecule has 4 aromatic rings. The molecule has 1 amide bonds. The number of anilines is 1. The molecule has 0 aliphatic heterocycles. The molecule has 0 bridgehead atoms. The Bertz CT molecular complexity index is 1610. The number of hydrogen-bond donors (Lipinski definition) is 4. The fourth-order valence-corrected chi connectivity index (χ4v) is 5.08. The molecule has 1 atom stereocenters. The normalized spacial score (nSPS) is 12.6. The molecule has 0 saturated carbocycles. The standard InChI is InChI=1S/C25H21IN4O6S/c1-14(25(33)34)12-15-2-9-19(10-3-15)37(35,36)30-18-7-4-16(5-8-18)23(31)29-28-22-20-13-17(26)6-11-21(20)27-24(22)32/h2-11,13-14,27,30,32H,12H2,1H3,(H,33,34). The first-order chi connectivity index (χ1) is 17.5. The molecule has 1 heterocycles. The van der Waals surface area contributed by atoms with E-state index in [1.807, 2.05) is 6.07 Å². The van der Waals surface area contributed by atoms with E-state index in [9.17, 15) is 23.1 Å². The number of aliphatic carboxylic acids is 1. The minimum atomic E-state index is -3.90. The molecule has 0 saturated heterocycles. The van der Waals surface area contributed by atoms with Crippen LogP contribution in [0.1, 0.15) is 22.8 Å². The molecule has 3 aromatic carbocycles. The molecule has 1 aromatic heterocycles. The molecule has 4 rings (SSSR count). The van der Waals surface area contributed by atoms with Crippen LogP contribution in [0.25, 0.3) is 10.9 Å². The molecule has 1 unspecified atom stereocenters. The third-order valence-electron chi connectivity index (χ3n) is 5.54. The molecule has 0 aliphatic rings. The van der Waals surface area contributed by atoms with Crippen LogP contribution in [0, 0.1) is 9.49 Å². The number of carboxylic acid groups (broad SMARTS) is 1. The second kappa shape index (κ2) is 10.7. The first-order valence-electron chi connectivity index (χ1n) is 10.9. The number of aromatic amines is 1. The van der Waals surface area contributed by atoms with E-state index in [0.29, 0.717) is 16.5 Å². The summed E-state index contributed by atoms with van der Waals surface area (Å²) < 4.78 is 28.8. The van der Waals surface area contributed by atoms with E-state index in [1.165, 1.54) is 36.4 Å².